The van der Waals surface area contributed by atoms with E-state index in [9.17, 15) is 4.57 Å². The van der Waals surface area contributed by atoms with E-state index in [4.69, 9.17) is 0 Å². The van der Waals surface area contributed by atoms with E-state index in [1.807, 2.05) is 48.5 Å². The second-order valence-electron chi connectivity index (χ2n) is 5.94. The summed E-state index contributed by atoms with van der Waals surface area (Å²) in [6, 6.07) is 22.3. The first-order valence-electron chi connectivity index (χ1n) is 7.50. The van der Waals surface area contributed by atoms with Gasteiger partial charge in [-0.05, 0) is 30.5 Å². The third-order valence-corrected chi connectivity index (χ3v) is 7.73. The van der Waals surface area contributed by atoms with E-state index in [0.29, 0.717) is 0 Å². The number of aryl methyl sites for hydroxylation is 2. The first-order chi connectivity index (χ1) is 10.6. The van der Waals surface area contributed by atoms with Crippen molar-refractivity contribution in [1.29, 1.82) is 0 Å². The maximum absolute atomic E-state index is 14.2. The molecule has 1 unspecified atom stereocenters. The van der Waals surface area contributed by atoms with Crippen LogP contribution in [0.4, 0.5) is 0 Å². The molecule has 3 aromatic rings. The lowest BCUT2D eigenvalue weighted by Gasteiger charge is -2.17. The summed E-state index contributed by atoms with van der Waals surface area (Å²) in [6.07, 6.45) is 0. The van der Waals surface area contributed by atoms with Crippen molar-refractivity contribution in [2.45, 2.75) is 13.8 Å². The fourth-order valence-electron chi connectivity index (χ4n) is 3.59. The van der Waals surface area contributed by atoms with Crippen LogP contribution in [0.3, 0.4) is 0 Å². The Labute approximate surface area is 131 Å². The van der Waals surface area contributed by atoms with Gasteiger partial charge in [-0.25, -0.2) is 0 Å². The second kappa shape index (κ2) is 4.69. The molecule has 3 aromatic carbocycles. The highest BCUT2D eigenvalue weighted by Gasteiger charge is 2.41. The minimum Gasteiger partial charge on any atom is -0.309 e. The Hall–Kier alpha value is -2.11. The highest BCUT2D eigenvalue weighted by molar-refractivity contribution is 7.86. The van der Waals surface area contributed by atoms with Crippen molar-refractivity contribution in [2.24, 2.45) is 0 Å². The van der Waals surface area contributed by atoms with Crippen LogP contribution in [-0.4, -0.2) is 0 Å². The van der Waals surface area contributed by atoms with Gasteiger partial charge in [0.05, 0.1) is 0 Å². The molecule has 4 rings (SSSR count). The van der Waals surface area contributed by atoms with Crippen molar-refractivity contribution in [2.75, 3.05) is 0 Å². The van der Waals surface area contributed by atoms with Gasteiger partial charge in [-0.2, -0.15) is 0 Å². The summed E-state index contributed by atoms with van der Waals surface area (Å²) in [5.41, 5.74) is 4.60. The van der Waals surface area contributed by atoms with E-state index < -0.39 is 7.14 Å². The summed E-state index contributed by atoms with van der Waals surface area (Å²) in [5, 5.41) is 2.92. The predicted octanol–water partition coefficient (Wildman–Crippen LogP) is 3.92. The summed E-state index contributed by atoms with van der Waals surface area (Å²) in [5.74, 6) is 0. The normalized spacial score (nSPS) is 18.8. The van der Waals surface area contributed by atoms with Gasteiger partial charge >= 0.3 is 0 Å². The van der Waals surface area contributed by atoms with Gasteiger partial charge in [0.1, 0.15) is 0 Å². The summed E-state index contributed by atoms with van der Waals surface area (Å²) in [7, 11) is -2.76. The maximum atomic E-state index is 14.2. The Morgan fingerprint density at radius 2 is 1.45 bits per heavy atom. The van der Waals surface area contributed by atoms with Crippen LogP contribution in [0.5, 0.6) is 0 Å². The van der Waals surface area contributed by atoms with Crippen LogP contribution in [0.1, 0.15) is 11.1 Å². The Kier molecular flexibility index (Phi) is 2.89. The number of hydrogen-bond acceptors (Lipinski definition) is 1. The molecule has 1 aliphatic rings. The van der Waals surface area contributed by atoms with Crippen molar-refractivity contribution in [3.63, 3.8) is 0 Å². The van der Waals surface area contributed by atoms with Crippen LogP contribution < -0.4 is 15.9 Å². The molecule has 1 heterocycles. The molecule has 108 valence electrons. The summed E-state index contributed by atoms with van der Waals surface area (Å²) < 4.78 is 14.2. The van der Waals surface area contributed by atoms with Gasteiger partial charge in [0.2, 0.25) is 0 Å². The van der Waals surface area contributed by atoms with Crippen molar-refractivity contribution < 1.29 is 4.57 Å². The van der Waals surface area contributed by atoms with E-state index in [-0.39, 0.29) is 0 Å². The Morgan fingerprint density at radius 3 is 2.23 bits per heavy atom. The molecular formula is C20H17OP. The highest BCUT2D eigenvalue weighted by atomic mass is 31.2. The number of benzene rings is 3. The molecule has 0 saturated heterocycles. The molecule has 0 spiro atoms. The second-order valence-corrected chi connectivity index (χ2v) is 8.60. The molecule has 1 aliphatic heterocycles. The minimum atomic E-state index is -2.76. The van der Waals surface area contributed by atoms with Crippen LogP contribution in [0, 0.1) is 13.8 Å². The molecule has 0 amide bonds. The minimum absolute atomic E-state index is 0.924. The topological polar surface area (TPSA) is 17.1 Å². The molecular weight excluding hydrogens is 287 g/mol. The molecule has 0 saturated carbocycles. The van der Waals surface area contributed by atoms with Crippen LogP contribution in [0.15, 0.2) is 66.7 Å². The lowest BCUT2D eigenvalue weighted by atomic mass is 10.0. The maximum Gasteiger partial charge on any atom is 0.172 e. The molecule has 0 N–H and O–H groups in total. The third-order valence-electron chi connectivity index (χ3n) is 4.41. The number of fused-ring (bicyclic) bond motifs is 3. The van der Waals surface area contributed by atoms with Crippen molar-refractivity contribution in [3.05, 3.63) is 77.9 Å². The molecule has 22 heavy (non-hydrogen) atoms. The molecule has 0 radical (unpaired) electrons. The zero-order valence-corrected chi connectivity index (χ0v) is 13.6. The first kappa shape index (κ1) is 13.5. The molecule has 2 heteroatoms. The average molecular weight is 304 g/mol. The van der Waals surface area contributed by atoms with Gasteiger partial charge < -0.3 is 4.57 Å². The standard InChI is InChI=1S/C20H17OP/c1-14-12-15(2)20-18(13-14)17-10-6-7-11-19(17)22(20,21)16-8-4-3-5-9-16/h3-13H,1-2H3. The van der Waals surface area contributed by atoms with Crippen molar-refractivity contribution in [1.82, 2.24) is 0 Å². The lowest BCUT2D eigenvalue weighted by molar-refractivity contribution is 0.593. The largest absolute Gasteiger partial charge is 0.309 e. The Morgan fingerprint density at radius 1 is 0.773 bits per heavy atom. The summed E-state index contributed by atoms with van der Waals surface area (Å²) >= 11 is 0. The molecule has 0 aliphatic carbocycles. The van der Waals surface area contributed by atoms with Gasteiger partial charge in [0, 0.05) is 15.9 Å². The summed E-state index contributed by atoms with van der Waals surface area (Å²) in [6.45, 7) is 4.18. The van der Waals surface area contributed by atoms with E-state index >= 15 is 0 Å². The first-order valence-corrected chi connectivity index (χ1v) is 9.20. The SMILES string of the molecule is Cc1cc(C)c2c(c1)-c1ccccc1P2(=O)c1ccccc1. The molecule has 1 nitrogen and oxygen atoms in total. The zero-order valence-electron chi connectivity index (χ0n) is 12.7. The van der Waals surface area contributed by atoms with Gasteiger partial charge in [0.25, 0.3) is 0 Å². The number of rotatable bonds is 1. The van der Waals surface area contributed by atoms with Gasteiger partial charge in [0.15, 0.2) is 7.14 Å². The third kappa shape index (κ3) is 1.69. The smallest absolute Gasteiger partial charge is 0.172 e. The molecule has 0 aromatic heterocycles. The highest BCUT2D eigenvalue weighted by Crippen LogP contribution is 2.52. The monoisotopic (exact) mass is 304 g/mol. The molecule has 1 atom stereocenters. The fourth-order valence-corrected chi connectivity index (χ4v) is 6.87. The van der Waals surface area contributed by atoms with Crippen LogP contribution in [0.25, 0.3) is 11.1 Å². The summed E-state index contributed by atoms with van der Waals surface area (Å²) in [4.78, 5) is 0. The quantitative estimate of drug-likeness (QED) is 0.487. The van der Waals surface area contributed by atoms with Gasteiger partial charge in [-0.15, -0.1) is 0 Å². The molecule has 0 fully saturated rings. The van der Waals surface area contributed by atoms with E-state index in [1.165, 1.54) is 5.56 Å². The van der Waals surface area contributed by atoms with Crippen LogP contribution >= 0.6 is 7.14 Å². The average Bonchev–Trinajstić information content (AvgIpc) is 2.79. The van der Waals surface area contributed by atoms with Crippen molar-refractivity contribution >= 4 is 23.1 Å². The lowest BCUT2D eigenvalue weighted by Crippen LogP contribution is -2.22. The van der Waals surface area contributed by atoms with E-state index in [2.05, 4.69) is 32.0 Å². The predicted molar refractivity (Wildman–Crippen MR) is 94.3 cm³/mol. The number of hydrogen-bond donors (Lipinski definition) is 0. The van der Waals surface area contributed by atoms with Gasteiger partial charge in [-0.1, -0.05) is 72.3 Å². The van der Waals surface area contributed by atoms with E-state index in [1.54, 1.807) is 0 Å². The fraction of sp³-hybridized carbons (Fsp3) is 0.100. The van der Waals surface area contributed by atoms with Crippen molar-refractivity contribution in [3.8, 4) is 11.1 Å². The van der Waals surface area contributed by atoms with Crippen LogP contribution in [0.2, 0.25) is 0 Å². The zero-order chi connectivity index (χ0) is 15.3. The van der Waals surface area contributed by atoms with E-state index in [0.717, 1.165) is 32.6 Å². The molecule has 0 bridgehead atoms. The van der Waals surface area contributed by atoms with Gasteiger partial charge in [-0.3, -0.25) is 0 Å². The Balaban J connectivity index is 2.17. The Bertz CT molecular complexity index is 926. The van der Waals surface area contributed by atoms with Crippen LogP contribution in [-0.2, 0) is 4.57 Å².